The molecule has 0 aromatic heterocycles. The highest BCUT2D eigenvalue weighted by Gasteiger charge is 2.18. The van der Waals surface area contributed by atoms with Gasteiger partial charge in [0.25, 0.3) is 0 Å². The van der Waals surface area contributed by atoms with Gasteiger partial charge in [-0.05, 0) is 24.3 Å². The van der Waals surface area contributed by atoms with Crippen LogP contribution in [0, 0.1) is 11.6 Å². The molecule has 2 rings (SSSR count). The molecule has 1 unspecified atom stereocenters. The summed E-state index contributed by atoms with van der Waals surface area (Å²) in [5.41, 5.74) is -0.393. The van der Waals surface area contributed by atoms with Crippen LogP contribution in [0.1, 0.15) is 11.7 Å². The zero-order valence-electron chi connectivity index (χ0n) is 10.8. The number of halogens is 2. The molecular weight excluding hydrogens is 266 g/mol. The Kier molecular flexibility index (Phi) is 4.53. The Labute approximate surface area is 115 Å². The number of hydrogen-bond donors (Lipinski definition) is 1. The fraction of sp³-hybridized carbons (Fsp3) is 0.200. The van der Waals surface area contributed by atoms with E-state index in [0.29, 0.717) is 11.5 Å². The summed E-state index contributed by atoms with van der Waals surface area (Å²) in [6.45, 7) is -0.259. The molecule has 0 saturated carbocycles. The molecule has 0 aliphatic rings. The van der Waals surface area contributed by atoms with Gasteiger partial charge in [0.15, 0.2) is 0 Å². The van der Waals surface area contributed by atoms with Crippen LogP contribution in [0.2, 0.25) is 0 Å². The van der Waals surface area contributed by atoms with Crippen molar-refractivity contribution in [1.29, 1.82) is 0 Å². The van der Waals surface area contributed by atoms with E-state index in [1.165, 1.54) is 13.2 Å². The summed E-state index contributed by atoms with van der Waals surface area (Å²) in [7, 11) is 1.52. The standard InChI is InChI=1S/C15H14F2O3/c1-19-10-4-2-5-11(8-10)20-9-14(18)15-12(16)6-3-7-13(15)17/h2-8,14,18H,9H2,1H3. The average Bonchev–Trinajstić information content (AvgIpc) is 2.45. The molecule has 0 heterocycles. The largest absolute Gasteiger partial charge is 0.497 e. The Morgan fingerprint density at radius 2 is 1.65 bits per heavy atom. The maximum absolute atomic E-state index is 13.5. The van der Waals surface area contributed by atoms with Gasteiger partial charge in [-0.1, -0.05) is 12.1 Å². The van der Waals surface area contributed by atoms with E-state index in [2.05, 4.69) is 0 Å². The van der Waals surface area contributed by atoms with E-state index in [4.69, 9.17) is 9.47 Å². The second-order valence-corrected chi connectivity index (χ2v) is 4.14. The maximum Gasteiger partial charge on any atom is 0.132 e. The molecule has 1 N–H and O–H groups in total. The molecule has 0 aliphatic carbocycles. The first-order valence-electron chi connectivity index (χ1n) is 6.00. The topological polar surface area (TPSA) is 38.7 Å². The smallest absolute Gasteiger partial charge is 0.132 e. The molecule has 3 nitrogen and oxygen atoms in total. The molecule has 106 valence electrons. The van der Waals surface area contributed by atoms with E-state index < -0.39 is 23.3 Å². The summed E-state index contributed by atoms with van der Waals surface area (Å²) in [5.74, 6) is -0.562. The van der Waals surface area contributed by atoms with Crippen LogP contribution in [0.15, 0.2) is 42.5 Å². The lowest BCUT2D eigenvalue weighted by molar-refractivity contribution is 0.101. The SMILES string of the molecule is COc1cccc(OCC(O)c2c(F)cccc2F)c1. The highest BCUT2D eigenvalue weighted by molar-refractivity contribution is 5.33. The Balaban J connectivity index is 2.06. The van der Waals surface area contributed by atoms with Crippen molar-refractivity contribution in [2.45, 2.75) is 6.10 Å². The van der Waals surface area contributed by atoms with Crippen molar-refractivity contribution in [1.82, 2.24) is 0 Å². The Bertz CT molecular complexity index is 567. The third-order valence-electron chi connectivity index (χ3n) is 2.78. The predicted octanol–water partition coefficient (Wildman–Crippen LogP) is 3.09. The highest BCUT2D eigenvalue weighted by Crippen LogP contribution is 2.23. The Hall–Kier alpha value is -2.14. The maximum atomic E-state index is 13.5. The van der Waals surface area contributed by atoms with Gasteiger partial charge in [0, 0.05) is 6.07 Å². The normalized spacial score (nSPS) is 12.0. The third-order valence-corrected chi connectivity index (χ3v) is 2.78. The summed E-state index contributed by atoms with van der Waals surface area (Å²) in [5, 5.41) is 9.83. The first kappa shape index (κ1) is 14.3. The van der Waals surface area contributed by atoms with Crippen LogP contribution in [-0.4, -0.2) is 18.8 Å². The quantitative estimate of drug-likeness (QED) is 0.914. The first-order valence-corrected chi connectivity index (χ1v) is 6.00. The summed E-state index contributed by atoms with van der Waals surface area (Å²) >= 11 is 0. The van der Waals surface area contributed by atoms with Gasteiger partial charge in [-0.3, -0.25) is 0 Å². The monoisotopic (exact) mass is 280 g/mol. The molecule has 2 aromatic rings. The molecule has 2 aromatic carbocycles. The van der Waals surface area contributed by atoms with Gasteiger partial charge in [0.2, 0.25) is 0 Å². The highest BCUT2D eigenvalue weighted by atomic mass is 19.1. The third kappa shape index (κ3) is 3.24. The average molecular weight is 280 g/mol. The van der Waals surface area contributed by atoms with Gasteiger partial charge in [-0.2, -0.15) is 0 Å². The number of benzene rings is 2. The van der Waals surface area contributed by atoms with Crippen molar-refractivity contribution in [3.8, 4) is 11.5 Å². The molecule has 5 heteroatoms. The molecule has 0 radical (unpaired) electrons. The summed E-state index contributed by atoms with van der Waals surface area (Å²) < 4.78 is 37.3. The Morgan fingerprint density at radius 1 is 1.05 bits per heavy atom. The predicted molar refractivity (Wildman–Crippen MR) is 69.8 cm³/mol. The van der Waals surface area contributed by atoms with Crippen LogP contribution in [-0.2, 0) is 0 Å². The number of hydrogen-bond acceptors (Lipinski definition) is 3. The summed E-state index contributed by atoms with van der Waals surface area (Å²) in [6.07, 6.45) is -1.39. The van der Waals surface area contributed by atoms with Crippen LogP contribution < -0.4 is 9.47 Å². The van der Waals surface area contributed by atoms with E-state index in [-0.39, 0.29) is 6.61 Å². The Morgan fingerprint density at radius 3 is 2.30 bits per heavy atom. The van der Waals surface area contributed by atoms with Gasteiger partial charge in [-0.25, -0.2) is 8.78 Å². The van der Waals surface area contributed by atoms with Crippen molar-refractivity contribution in [3.05, 3.63) is 59.7 Å². The molecule has 0 bridgehead atoms. The lowest BCUT2D eigenvalue weighted by atomic mass is 10.1. The van der Waals surface area contributed by atoms with E-state index in [0.717, 1.165) is 12.1 Å². The fourth-order valence-electron chi connectivity index (χ4n) is 1.78. The number of aliphatic hydroxyl groups is 1. The van der Waals surface area contributed by atoms with Gasteiger partial charge in [-0.15, -0.1) is 0 Å². The number of rotatable bonds is 5. The molecule has 0 aliphatic heterocycles. The number of ether oxygens (including phenoxy) is 2. The number of methoxy groups -OCH3 is 1. The van der Waals surface area contributed by atoms with E-state index in [1.54, 1.807) is 24.3 Å². The van der Waals surface area contributed by atoms with Crippen molar-refractivity contribution >= 4 is 0 Å². The van der Waals surface area contributed by atoms with Crippen LogP contribution in [0.3, 0.4) is 0 Å². The van der Waals surface area contributed by atoms with Crippen LogP contribution >= 0.6 is 0 Å². The van der Waals surface area contributed by atoms with Crippen LogP contribution in [0.25, 0.3) is 0 Å². The van der Waals surface area contributed by atoms with Crippen molar-refractivity contribution < 1.29 is 23.4 Å². The van der Waals surface area contributed by atoms with Crippen molar-refractivity contribution in [3.63, 3.8) is 0 Å². The summed E-state index contributed by atoms with van der Waals surface area (Å²) in [4.78, 5) is 0. The molecule has 0 spiro atoms. The molecule has 0 saturated heterocycles. The second kappa shape index (κ2) is 6.34. The molecule has 1 atom stereocenters. The van der Waals surface area contributed by atoms with Crippen LogP contribution in [0.4, 0.5) is 8.78 Å². The van der Waals surface area contributed by atoms with Crippen LogP contribution in [0.5, 0.6) is 11.5 Å². The second-order valence-electron chi connectivity index (χ2n) is 4.14. The lowest BCUT2D eigenvalue weighted by Crippen LogP contribution is -2.13. The molecule has 20 heavy (non-hydrogen) atoms. The van der Waals surface area contributed by atoms with Crippen molar-refractivity contribution in [2.75, 3.05) is 13.7 Å². The first-order chi connectivity index (χ1) is 9.61. The zero-order valence-corrected chi connectivity index (χ0v) is 10.8. The lowest BCUT2D eigenvalue weighted by Gasteiger charge is -2.14. The minimum atomic E-state index is -1.39. The summed E-state index contributed by atoms with van der Waals surface area (Å²) in [6, 6.07) is 10.1. The fourth-order valence-corrected chi connectivity index (χ4v) is 1.78. The van der Waals surface area contributed by atoms with E-state index in [1.807, 2.05) is 0 Å². The molecule has 0 fully saturated rings. The van der Waals surface area contributed by atoms with Gasteiger partial charge >= 0.3 is 0 Å². The molecule has 0 amide bonds. The zero-order chi connectivity index (χ0) is 14.5. The minimum Gasteiger partial charge on any atom is -0.497 e. The molecular formula is C15H14F2O3. The van der Waals surface area contributed by atoms with E-state index in [9.17, 15) is 13.9 Å². The van der Waals surface area contributed by atoms with Gasteiger partial charge in [0.05, 0.1) is 12.7 Å². The van der Waals surface area contributed by atoms with Crippen molar-refractivity contribution in [2.24, 2.45) is 0 Å². The van der Waals surface area contributed by atoms with Gasteiger partial charge < -0.3 is 14.6 Å². The number of aliphatic hydroxyl groups excluding tert-OH is 1. The minimum absolute atomic E-state index is 0.259. The van der Waals surface area contributed by atoms with E-state index >= 15 is 0 Å². The van der Waals surface area contributed by atoms with Gasteiger partial charge in [0.1, 0.15) is 35.8 Å².